The smallest absolute Gasteiger partial charge is 0.251 e. The summed E-state index contributed by atoms with van der Waals surface area (Å²) in [7, 11) is -3.79. The molecule has 0 spiro atoms. The summed E-state index contributed by atoms with van der Waals surface area (Å²) in [6.45, 7) is -0.840. The van der Waals surface area contributed by atoms with Crippen molar-refractivity contribution in [3.05, 3.63) is 0 Å². The molecular weight excluding hydrogens is 163 g/mol. The molecule has 0 aromatic carbocycles. The third-order valence-corrected chi connectivity index (χ3v) is 1.96. The van der Waals surface area contributed by atoms with Crippen LogP contribution in [0.15, 0.2) is 0 Å². The van der Waals surface area contributed by atoms with Crippen LogP contribution in [0.4, 0.5) is 4.39 Å². The lowest BCUT2D eigenvalue weighted by Crippen LogP contribution is -2.29. The number of hydrogen-bond donors (Lipinski definition) is 0. The van der Waals surface area contributed by atoms with Crippen LogP contribution in [0.1, 0.15) is 0 Å². The van der Waals surface area contributed by atoms with Gasteiger partial charge in [-0.3, -0.25) is 4.39 Å². The Hall–Kier alpha value is -0.200. The Morgan fingerprint density at radius 3 is 2.30 bits per heavy atom. The highest BCUT2D eigenvalue weighted by Gasteiger charge is 2.24. The van der Waals surface area contributed by atoms with Crippen molar-refractivity contribution in [3.63, 3.8) is 0 Å². The predicted octanol–water partition coefficient (Wildman–Crippen LogP) is -0.136. The fourth-order valence-electron chi connectivity index (χ4n) is 0.530. The highest BCUT2D eigenvalue weighted by molar-refractivity contribution is 7.81. The number of hydrogen-bond acceptors (Lipinski definition) is 4. The summed E-state index contributed by atoms with van der Waals surface area (Å²) < 4.78 is 40.8. The molecule has 0 unspecified atom stereocenters. The Morgan fingerprint density at radius 1 is 1.40 bits per heavy atom. The lowest BCUT2D eigenvalue weighted by Gasteiger charge is -2.17. The molecule has 1 heterocycles. The van der Waals surface area contributed by atoms with Crippen LogP contribution in [0.3, 0.4) is 0 Å². The SMILES string of the molecule is O=S1(=O)OCC(CF)CO1. The number of halogens is 1. The highest BCUT2D eigenvalue weighted by Crippen LogP contribution is 2.11. The van der Waals surface area contributed by atoms with Crippen molar-refractivity contribution in [2.75, 3.05) is 19.9 Å². The predicted molar refractivity (Wildman–Crippen MR) is 30.3 cm³/mol. The Bertz CT molecular complexity index is 185. The van der Waals surface area contributed by atoms with E-state index in [9.17, 15) is 12.8 Å². The average molecular weight is 170 g/mol. The van der Waals surface area contributed by atoms with Crippen LogP contribution in [0.25, 0.3) is 0 Å². The Labute approximate surface area is 58.3 Å². The van der Waals surface area contributed by atoms with Crippen molar-refractivity contribution in [3.8, 4) is 0 Å². The summed E-state index contributed by atoms with van der Waals surface area (Å²) in [4.78, 5) is 0. The lowest BCUT2D eigenvalue weighted by molar-refractivity contribution is 0.0882. The van der Waals surface area contributed by atoms with Gasteiger partial charge in [0, 0.05) is 5.92 Å². The molecule has 4 nitrogen and oxygen atoms in total. The molecule has 0 saturated carbocycles. The molecule has 0 bridgehead atoms. The van der Waals surface area contributed by atoms with Crippen molar-refractivity contribution < 1.29 is 21.2 Å². The van der Waals surface area contributed by atoms with Gasteiger partial charge in [-0.25, -0.2) is 8.37 Å². The molecule has 0 amide bonds. The molecule has 1 aliphatic heterocycles. The van der Waals surface area contributed by atoms with E-state index in [1.165, 1.54) is 0 Å². The summed E-state index contributed by atoms with van der Waals surface area (Å²) in [5.74, 6) is -0.441. The number of rotatable bonds is 1. The van der Waals surface area contributed by atoms with Crippen LogP contribution < -0.4 is 0 Å². The minimum absolute atomic E-state index is 0.112. The molecule has 0 aliphatic carbocycles. The van der Waals surface area contributed by atoms with Gasteiger partial charge in [0.15, 0.2) is 0 Å². The summed E-state index contributed by atoms with van der Waals surface area (Å²) in [5.41, 5.74) is 0. The first-order valence-corrected chi connectivity index (χ1v) is 4.07. The van der Waals surface area contributed by atoms with Crippen LogP contribution in [0, 0.1) is 5.92 Å². The molecule has 0 atom stereocenters. The molecule has 0 aromatic heterocycles. The third kappa shape index (κ3) is 1.89. The second kappa shape index (κ2) is 2.81. The van der Waals surface area contributed by atoms with E-state index in [0.717, 1.165) is 0 Å². The fourth-order valence-corrected chi connectivity index (χ4v) is 1.32. The minimum atomic E-state index is -3.79. The zero-order valence-corrected chi connectivity index (χ0v) is 5.93. The summed E-state index contributed by atoms with van der Waals surface area (Å²) in [6.07, 6.45) is 0. The molecule has 10 heavy (non-hydrogen) atoms. The normalized spacial score (nSPS) is 26.5. The Balaban J connectivity index is 2.46. The summed E-state index contributed by atoms with van der Waals surface area (Å²) in [5, 5.41) is 0. The quantitative estimate of drug-likeness (QED) is 0.549. The summed E-state index contributed by atoms with van der Waals surface area (Å²) in [6, 6.07) is 0. The van der Waals surface area contributed by atoms with E-state index >= 15 is 0 Å². The first kappa shape index (κ1) is 7.90. The lowest BCUT2D eigenvalue weighted by atomic mass is 10.2. The topological polar surface area (TPSA) is 52.6 Å². The fraction of sp³-hybridized carbons (Fsp3) is 1.00. The van der Waals surface area contributed by atoms with Crippen LogP contribution in [-0.2, 0) is 18.8 Å². The molecule has 1 fully saturated rings. The molecule has 1 rings (SSSR count). The summed E-state index contributed by atoms with van der Waals surface area (Å²) >= 11 is 0. The maximum absolute atomic E-state index is 11.8. The molecular formula is C4H7FO4S. The second-order valence-corrected chi connectivity index (χ2v) is 3.29. The van der Waals surface area contributed by atoms with Crippen LogP contribution in [0.2, 0.25) is 0 Å². The molecule has 1 saturated heterocycles. The number of alkyl halides is 1. The van der Waals surface area contributed by atoms with Gasteiger partial charge in [-0.15, -0.1) is 0 Å². The average Bonchev–Trinajstić information content (AvgIpc) is 1.88. The molecule has 6 heteroatoms. The van der Waals surface area contributed by atoms with Gasteiger partial charge in [0.2, 0.25) is 0 Å². The van der Waals surface area contributed by atoms with Crippen LogP contribution in [-0.4, -0.2) is 28.3 Å². The molecule has 60 valence electrons. The zero-order valence-electron chi connectivity index (χ0n) is 5.12. The first-order chi connectivity index (χ1) is 4.64. The van der Waals surface area contributed by atoms with E-state index in [2.05, 4.69) is 8.37 Å². The first-order valence-electron chi connectivity index (χ1n) is 2.74. The highest BCUT2D eigenvalue weighted by atomic mass is 32.3. The van der Waals surface area contributed by atoms with Gasteiger partial charge in [0.05, 0.1) is 19.9 Å². The Morgan fingerprint density at radius 2 is 1.90 bits per heavy atom. The monoisotopic (exact) mass is 170 g/mol. The van der Waals surface area contributed by atoms with E-state index in [1.807, 2.05) is 0 Å². The Kier molecular flexibility index (Phi) is 2.22. The zero-order chi connectivity index (χ0) is 7.61. The standard InChI is InChI=1S/C4H7FO4S/c5-1-4-2-8-10(6,7)9-3-4/h4H,1-3H2. The maximum atomic E-state index is 11.8. The van der Waals surface area contributed by atoms with Gasteiger partial charge >= 0.3 is 10.4 Å². The van der Waals surface area contributed by atoms with E-state index in [0.29, 0.717) is 0 Å². The van der Waals surface area contributed by atoms with Crippen molar-refractivity contribution in [1.82, 2.24) is 0 Å². The van der Waals surface area contributed by atoms with Gasteiger partial charge in [0.1, 0.15) is 0 Å². The van der Waals surface area contributed by atoms with E-state index in [1.54, 1.807) is 0 Å². The van der Waals surface area contributed by atoms with Gasteiger partial charge in [-0.2, -0.15) is 8.42 Å². The van der Waals surface area contributed by atoms with Gasteiger partial charge < -0.3 is 0 Å². The van der Waals surface area contributed by atoms with Crippen molar-refractivity contribution >= 4 is 10.4 Å². The molecule has 1 aliphatic rings. The maximum Gasteiger partial charge on any atom is 0.399 e. The van der Waals surface area contributed by atoms with Crippen molar-refractivity contribution in [1.29, 1.82) is 0 Å². The van der Waals surface area contributed by atoms with Gasteiger partial charge in [-0.1, -0.05) is 0 Å². The minimum Gasteiger partial charge on any atom is -0.251 e. The largest absolute Gasteiger partial charge is 0.399 e. The molecule has 0 aromatic rings. The van der Waals surface area contributed by atoms with Crippen molar-refractivity contribution in [2.24, 2.45) is 5.92 Å². The van der Waals surface area contributed by atoms with E-state index < -0.39 is 23.0 Å². The van der Waals surface area contributed by atoms with Crippen molar-refractivity contribution in [2.45, 2.75) is 0 Å². The van der Waals surface area contributed by atoms with E-state index in [-0.39, 0.29) is 13.2 Å². The van der Waals surface area contributed by atoms with E-state index in [4.69, 9.17) is 0 Å². The van der Waals surface area contributed by atoms with Crippen LogP contribution in [0.5, 0.6) is 0 Å². The third-order valence-electron chi connectivity index (χ3n) is 1.11. The van der Waals surface area contributed by atoms with Crippen LogP contribution >= 0.6 is 0 Å². The molecule has 0 N–H and O–H groups in total. The van der Waals surface area contributed by atoms with Gasteiger partial charge in [0.25, 0.3) is 0 Å². The van der Waals surface area contributed by atoms with Gasteiger partial charge in [-0.05, 0) is 0 Å². The second-order valence-electron chi connectivity index (χ2n) is 2.00. The molecule has 0 radical (unpaired) electrons.